The summed E-state index contributed by atoms with van der Waals surface area (Å²) in [5, 5.41) is 0. The van der Waals surface area contributed by atoms with Gasteiger partial charge in [-0.2, -0.15) is 0 Å². The van der Waals surface area contributed by atoms with Gasteiger partial charge in [-0.05, 0) is 239 Å². The molecule has 0 unspecified atom stereocenters. The Labute approximate surface area is 881 Å². The van der Waals surface area contributed by atoms with Gasteiger partial charge in [-0.3, -0.25) is 9.97 Å². The molecule has 6 nitrogen and oxygen atoms in total. The molecule has 0 radical (unpaired) electrons. The van der Waals surface area contributed by atoms with E-state index < -0.39 is 0 Å². The van der Waals surface area contributed by atoms with E-state index in [0.717, 1.165) is 227 Å². The molecule has 8 heteroatoms. The molecule has 0 aliphatic carbocycles. The predicted octanol–water partition coefficient (Wildman–Crippen LogP) is 36.6. The molecule has 14 aromatic carbocycles. The predicted molar refractivity (Wildman–Crippen MR) is 594 cm³/mol. The third kappa shape index (κ3) is 23.9. The van der Waals surface area contributed by atoms with Crippen molar-refractivity contribution in [3.63, 3.8) is 0 Å². The second-order valence-electron chi connectivity index (χ2n) is 38.3. The Morgan fingerprint density at radius 2 is 0.354 bits per heavy atom. The van der Waals surface area contributed by atoms with Gasteiger partial charge in [0.1, 0.15) is 0 Å². The van der Waals surface area contributed by atoms with E-state index >= 15 is 0 Å². The first-order valence-electron chi connectivity index (χ1n) is 51.5. The smallest absolute Gasteiger partial charge is 0.304 e. The molecule has 0 N–H and O–H groups in total. The van der Waals surface area contributed by atoms with Crippen molar-refractivity contribution >= 4 is 0 Å². The summed E-state index contributed by atoms with van der Waals surface area (Å²) in [4.78, 5) is 29.8. The molecule has 0 aliphatic heterocycles. The summed E-state index contributed by atoms with van der Waals surface area (Å²) in [5.41, 5.74) is 47.5. The summed E-state index contributed by atoms with van der Waals surface area (Å²) in [6.07, 6.45) is 33.9. The molecular formula is C136H122Ir2N6. The van der Waals surface area contributed by atoms with E-state index in [2.05, 4.69) is 438 Å². The topological polar surface area (TPSA) is 77.3 Å². The Morgan fingerprint density at radius 1 is 0.181 bits per heavy atom. The average molecular weight is 2220 g/mol. The number of benzene rings is 14. The number of aromatic nitrogens is 6. The van der Waals surface area contributed by atoms with Crippen LogP contribution >= 0.6 is 0 Å². The second kappa shape index (κ2) is 48.9. The SMILES string of the molecule is CCCCCCc1cnc(-c2[c-]cc(-c3ccccc3-c3cc(-c4ccccc4-c4c[c-]c(-c5cc(-c6[c-]cc(-c7ccccc7-c7cc(-c8ccccc8-c8c[c-]c(-c9cc(C)c(CCCCCC)cn9)cc8)cc(-c8ccccc8-c8c[c-]c(-c9cc(C)c(CCCCCC)cn9)cc8)c7)cc6)ncn5)cc4)cc(-c4ccccc4-c4c[c-]c(-c5cc(C)c(CCCCCC)cn5)cc4)c3)cc2)cc1C.[Ir+3].[Ir+3]. The fourth-order valence-electron chi connectivity index (χ4n) is 20.2. The van der Waals surface area contributed by atoms with Crippen molar-refractivity contribution in [3.8, 4) is 201 Å². The van der Waals surface area contributed by atoms with E-state index in [1.54, 1.807) is 6.33 Å². The van der Waals surface area contributed by atoms with Gasteiger partial charge in [0.2, 0.25) is 0 Å². The van der Waals surface area contributed by atoms with Crippen LogP contribution in [0.3, 0.4) is 0 Å². The molecule has 144 heavy (non-hydrogen) atoms. The minimum absolute atomic E-state index is 0. The summed E-state index contributed by atoms with van der Waals surface area (Å²) in [6, 6.07) is 139. The number of unbranched alkanes of at least 4 members (excludes halogenated alkanes) is 12. The summed E-state index contributed by atoms with van der Waals surface area (Å²) in [5.74, 6) is 0. The number of pyridine rings is 4. The van der Waals surface area contributed by atoms with Gasteiger partial charge in [-0.25, -0.2) is 0 Å². The fourth-order valence-corrected chi connectivity index (χ4v) is 20.2. The monoisotopic (exact) mass is 2220 g/mol. The number of hydrogen-bond donors (Lipinski definition) is 0. The molecule has 0 bridgehead atoms. The maximum absolute atomic E-state index is 5.00. The summed E-state index contributed by atoms with van der Waals surface area (Å²) in [6.45, 7) is 17.9. The van der Waals surface area contributed by atoms with Gasteiger partial charge in [-0.15, -0.1) is 179 Å². The van der Waals surface area contributed by atoms with Crippen LogP contribution in [0.25, 0.3) is 201 Å². The second-order valence-corrected chi connectivity index (χ2v) is 38.3. The number of rotatable bonds is 38. The van der Waals surface area contributed by atoms with Crippen molar-refractivity contribution in [2.45, 2.75) is 184 Å². The van der Waals surface area contributed by atoms with Crippen LogP contribution in [0, 0.1) is 64.1 Å². The van der Waals surface area contributed by atoms with Crippen LogP contribution in [0.2, 0.25) is 0 Å². The Bertz CT molecular complexity index is 6810. The van der Waals surface area contributed by atoms with Gasteiger partial charge in [0.15, 0.2) is 0 Å². The maximum atomic E-state index is 5.00. The van der Waals surface area contributed by atoms with E-state index in [1.807, 2.05) is 0 Å². The molecule has 0 amide bonds. The zero-order valence-corrected chi connectivity index (χ0v) is 88.8. The zero-order valence-electron chi connectivity index (χ0n) is 84.0. The normalized spacial score (nSPS) is 11.2. The van der Waals surface area contributed by atoms with Gasteiger partial charge in [0.25, 0.3) is 0 Å². The van der Waals surface area contributed by atoms with Gasteiger partial charge in [0, 0.05) is 24.8 Å². The molecule has 19 rings (SSSR count). The Hall–Kier alpha value is -13.9. The first-order chi connectivity index (χ1) is 69.9. The van der Waals surface area contributed by atoms with Crippen molar-refractivity contribution in [1.82, 2.24) is 29.9 Å². The number of nitrogens with zero attached hydrogens (tertiary/aromatic N) is 6. The zero-order chi connectivity index (χ0) is 97.0. The molecule has 0 saturated heterocycles. The van der Waals surface area contributed by atoms with Crippen LogP contribution in [0.1, 0.15) is 175 Å². The summed E-state index contributed by atoms with van der Waals surface area (Å²) >= 11 is 0. The van der Waals surface area contributed by atoms with Crippen LogP contribution in [-0.4, -0.2) is 29.9 Å². The Balaban J connectivity index is 0.00000711. The third-order valence-electron chi connectivity index (χ3n) is 28.4. The van der Waals surface area contributed by atoms with Crippen LogP contribution in [-0.2, 0) is 65.9 Å². The van der Waals surface area contributed by atoms with Gasteiger partial charge in [-0.1, -0.05) is 370 Å². The van der Waals surface area contributed by atoms with Gasteiger partial charge < -0.3 is 19.9 Å². The van der Waals surface area contributed by atoms with Gasteiger partial charge in [0.05, 0.1) is 6.33 Å². The van der Waals surface area contributed by atoms with Crippen LogP contribution in [0.4, 0.5) is 0 Å². The van der Waals surface area contributed by atoms with E-state index in [0.29, 0.717) is 0 Å². The van der Waals surface area contributed by atoms with Crippen LogP contribution in [0.15, 0.2) is 353 Å². The molecule has 5 heterocycles. The Kier molecular flexibility index (Phi) is 34.5. The molecular weight excluding hydrogens is 2100 g/mol. The first-order valence-corrected chi connectivity index (χ1v) is 51.5. The van der Waals surface area contributed by atoms with E-state index in [4.69, 9.17) is 29.9 Å². The van der Waals surface area contributed by atoms with Crippen LogP contribution < -0.4 is 0 Å². The molecule has 0 spiro atoms. The quantitative estimate of drug-likeness (QED) is 0.0283. The largest absolute Gasteiger partial charge is 3.00 e. The number of aryl methyl sites for hydroxylation is 8. The standard InChI is InChI=1S/C136H122N6.2Ir/c1-9-13-17-21-37-109-88-137-131(77-93(109)5)103-65-53-97(54-66-103)119-41-25-31-47-125(119)113-81-114(126-48-32-26-42-120(126)98-55-67-104(68-56-98)132-78-94(6)110(89-138-132)38-22-18-14-10-2)84-117(83-113)129-51-35-29-45-123(129)101-61-73-107(74-62-101)135-87-136(142-92-141-135)108-75-63-102(64-76-108)124-46-30-36-52-130(124)118-85-115(127-49-33-27-43-121(127)99-57-69-105(70-58-99)133-79-95(7)111(90-139-133)39-23-19-15-11-3)82-116(86-118)128-50-34-28-44-122(128)100-59-71-106(72-60-100)134-80-96(8)112(91-140-134)40-24-20-16-12-4;;/h25-36,41-65,67,69,71,73,75,77-92H,9-24,37-40H2,1-8H3;;/q-6;2*+3. The minimum atomic E-state index is 0. The van der Waals surface area contributed by atoms with E-state index in [1.165, 1.54) is 147 Å². The fraction of sp³-hybridized carbons (Fsp3) is 0.206. The number of hydrogen-bond acceptors (Lipinski definition) is 6. The van der Waals surface area contributed by atoms with Gasteiger partial charge >= 0.3 is 40.2 Å². The van der Waals surface area contributed by atoms with Crippen molar-refractivity contribution in [2.75, 3.05) is 0 Å². The Morgan fingerprint density at radius 3 is 0.514 bits per heavy atom. The molecule has 0 atom stereocenters. The summed E-state index contributed by atoms with van der Waals surface area (Å²) in [7, 11) is 0. The third-order valence-corrected chi connectivity index (χ3v) is 28.4. The van der Waals surface area contributed by atoms with E-state index in [9.17, 15) is 0 Å². The molecule has 0 saturated carbocycles. The van der Waals surface area contributed by atoms with Crippen LogP contribution in [0.5, 0.6) is 0 Å². The first kappa shape index (κ1) is 102. The molecule has 19 aromatic rings. The summed E-state index contributed by atoms with van der Waals surface area (Å²) < 4.78 is 0. The average Bonchev–Trinajstić information content (AvgIpc) is 0.766. The molecule has 0 aliphatic rings. The molecule has 714 valence electrons. The van der Waals surface area contributed by atoms with Crippen molar-refractivity contribution in [3.05, 3.63) is 434 Å². The van der Waals surface area contributed by atoms with Crippen molar-refractivity contribution < 1.29 is 40.2 Å². The molecule has 5 aromatic heterocycles. The van der Waals surface area contributed by atoms with Crippen molar-refractivity contribution in [1.29, 1.82) is 0 Å². The van der Waals surface area contributed by atoms with Crippen molar-refractivity contribution in [2.24, 2.45) is 0 Å². The molecule has 0 fully saturated rings. The van der Waals surface area contributed by atoms with E-state index in [-0.39, 0.29) is 40.2 Å². The maximum Gasteiger partial charge on any atom is 3.00 e. The minimum Gasteiger partial charge on any atom is -0.304 e.